The third-order valence-corrected chi connectivity index (χ3v) is 3.44. The van der Waals surface area contributed by atoms with E-state index < -0.39 is 6.10 Å². The second-order valence-corrected chi connectivity index (χ2v) is 4.96. The number of halogens is 1. The summed E-state index contributed by atoms with van der Waals surface area (Å²) in [4.78, 5) is 16.2. The van der Waals surface area contributed by atoms with Gasteiger partial charge in [0, 0.05) is 12.0 Å². The molecule has 2 heterocycles. The number of benzene rings is 1. The quantitative estimate of drug-likeness (QED) is 0.812. The molecule has 0 N–H and O–H groups in total. The second kappa shape index (κ2) is 5.73. The maximum absolute atomic E-state index is 13.9. The molecule has 1 aliphatic heterocycles. The van der Waals surface area contributed by atoms with E-state index >= 15 is 0 Å². The Balaban J connectivity index is 1.98. The molecule has 0 saturated heterocycles. The summed E-state index contributed by atoms with van der Waals surface area (Å²) in [6.07, 6.45) is 0.542. The highest BCUT2D eigenvalue weighted by Gasteiger charge is 2.29. The van der Waals surface area contributed by atoms with E-state index in [0.717, 1.165) is 6.42 Å². The average Bonchev–Trinajstić information content (AvgIpc) is 2.92. The fraction of sp³-hybridized carbons (Fsp3) is 0.400. The molecule has 1 atom stereocenters. The molecular formula is C15H16FN3O2. The zero-order valence-electron chi connectivity index (χ0n) is 11.8. The van der Waals surface area contributed by atoms with Crippen LogP contribution in [0.5, 0.6) is 0 Å². The fourth-order valence-corrected chi connectivity index (χ4v) is 2.42. The Labute approximate surface area is 121 Å². The summed E-state index contributed by atoms with van der Waals surface area (Å²) in [5.41, 5.74) is 0.417. The van der Waals surface area contributed by atoms with E-state index in [1.807, 2.05) is 6.92 Å². The van der Waals surface area contributed by atoms with E-state index in [9.17, 15) is 9.18 Å². The van der Waals surface area contributed by atoms with Crippen LogP contribution in [0.2, 0.25) is 0 Å². The molecule has 0 amide bonds. The maximum atomic E-state index is 13.9. The van der Waals surface area contributed by atoms with Gasteiger partial charge in [-0.2, -0.15) is 0 Å². The lowest BCUT2D eigenvalue weighted by Gasteiger charge is -2.23. The molecule has 0 fully saturated rings. The highest BCUT2D eigenvalue weighted by atomic mass is 19.1. The molecule has 1 aromatic carbocycles. The SMILES string of the molecule is CCCC(=O)c1nc2n(n1)CCOC2c1ccccc1F. The third kappa shape index (κ3) is 2.58. The molecule has 5 nitrogen and oxygen atoms in total. The zero-order valence-corrected chi connectivity index (χ0v) is 11.8. The van der Waals surface area contributed by atoms with Crippen LogP contribution in [-0.2, 0) is 11.3 Å². The lowest BCUT2D eigenvalue weighted by Crippen LogP contribution is -2.24. The van der Waals surface area contributed by atoms with Crippen LogP contribution < -0.4 is 0 Å². The van der Waals surface area contributed by atoms with Gasteiger partial charge in [-0.15, -0.1) is 5.10 Å². The summed E-state index contributed by atoms with van der Waals surface area (Å²) in [6, 6.07) is 6.43. The number of carbonyl (C=O) groups excluding carboxylic acids is 1. The highest BCUT2D eigenvalue weighted by Crippen LogP contribution is 2.29. The Kier molecular flexibility index (Phi) is 3.79. The number of Topliss-reactive ketones (excluding diaryl/α,β-unsaturated/α-hetero) is 1. The molecule has 6 heteroatoms. The Bertz CT molecular complexity index is 669. The molecule has 0 radical (unpaired) electrons. The van der Waals surface area contributed by atoms with Crippen LogP contribution in [0.15, 0.2) is 24.3 Å². The molecular weight excluding hydrogens is 273 g/mol. The van der Waals surface area contributed by atoms with E-state index in [1.165, 1.54) is 6.07 Å². The van der Waals surface area contributed by atoms with Crippen LogP contribution in [0.1, 0.15) is 47.9 Å². The van der Waals surface area contributed by atoms with Crippen molar-refractivity contribution in [3.05, 3.63) is 47.3 Å². The van der Waals surface area contributed by atoms with Crippen molar-refractivity contribution in [1.82, 2.24) is 14.8 Å². The predicted molar refractivity (Wildman–Crippen MR) is 73.5 cm³/mol. The van der Waals surface area contributed by atoms with Gasteiger partial charge in [0.25, 0.3) is 0 Å². The summed E-state index contributed by atoms with van der Waals surface area (Å²) in [5.74, 6) is 0.247. The Morgan fingerprint density at radius 1 is 1.48 bits per heavy atom. The minimum absolute atomic E-state index is 0.0910. The second-order valence-electron chi connectivity index (χ2n) is 4.96. The Morgan fingerprint density at radius 2 is 2.29 bits per heavy atom. The van der Waals surface area contributed by atoms with Gasteiger partial charge in [-0.1, -0.05) is 25.1 Å². The summed E-state index contributed by atoms with van der Waals surface area (Å²) in [5, 5.41) is 4.23. The maximum Gasteiger partial charge on any atom is 0.217 e. The number of ether oxygens (including phenoxy) is 1. The first-order chi connectivity index (χ1) is 10.2. The van der Waals surface area contributed by atoms with Crippen molar-refractivity contribution in [1.29, 1.82) is 0 Å². The summed E-state index contributed by atoms with van der Waals surface area (Å²) >= 11 is 0. The molecule has 110 valence electrons. The average molecular weight is 289 g/mol. The summed E-state index contributed by atoms with van der Waals surface area (Å²) in [7, 11) is 0. The van der Waals surface area contributed by atoms with E-state index in [2.05, 4.69) is 10.1 Å². The van der Waals surface area contributed by atoms with Crippen LogP contribution in [0.4, 0.5) is 4.39 Å². The zero-order chi connectivity index (χ0) is 14.8. The lowest BCUT2D eigenvalue weighted by atomic mass is 10.1. The van der Waals surface area contributed by atoms with Crippen molar-refractivity contribution in [2.75, 3.05) is 6.61 Å². The van der Waals surface area contributed by atoms with Crippen molar-refractivity contribution in [2.24, 2.45) is 0 Å². The normalized spacial score (nSPS) is 17.5. The van der Waals surface area contributed by atoms with Crippen LogP contribution in [0.3, 0.4) is 0 Å². The molecule has 0 bridgehead atoms. The molecule has 1 aromatic heterocycles. The van der Waals surface area contributed by atoms with Gasteiger partial charge in [0.2, 0.25) is 11.6 Å². The number of rotatable bonds is 4. The molecule has 3 rings (SSSR count). The highest BCUT2D eigenvalue weighted by molar-refractivity contribution is 5.92. The van der Waals surface area contributed by atoms with Crippen LogP contribution in [0, 0.1) is 5.82 Å². The van der Waals surface area contributed by atoms with Gasteiger partial charge in [0.15, 0.2) is 5.82 Å². The summed E-state index contributed by atoms with van der Waals surface area (Å²) in [6.45, 7) is 2.86. The minimum atomic E-state index is -0.615. The monoisotopic (exact) mass is 289 g/mol. The van der Waals surface area contributed by atoms with Crippen LogP contribution >= 0.6 is 0 Å². The number of carbonyl (C=O) groups is 1. The van der Waals surface area contributed by atoms with Crippen LogP contribution in [0.25, 0.3) is 0 Å². The van der Waals surface area contributed by atoms with Crippen molar-refractivity contribution in [3.8, 4) is 0 Å². The molecule has 21 heavy (non-hydrogen) atoms. The van der Waals surface area contributed by atoms with Gasteiger partial charge < -0.3 is 4.74 Å². The van der Waals surface area contributed by atoms with Gasteiger partial charge in [-0.3, -0.25) is 4.79 Å². The molecule has 1 unspecified atom stereocenters. The van der Waals surface area contributed by atoms with Gasteiger partial charge in [-0.25, -0.2) is 14.1 Å². The summed E-state index contributed by atoms with van der Waals surface area (Å²) < 4.78 is 21.2. The van der Waals surface area contributed by atoms with Crippen molar-refractivity contribution in [3.63, 3.8) is 0 Å². The van der Waals surface area contributed by atoms with Gasteiger partial charge in [0.05, 0.1) is 13.2 Å². The molecule has 1 aliphatic rings. The smallest absolute Gasteiger partial charge is 0.217 e. The number of ketones is 1. The van der Waals surface area contributed by atoms with Crippen molar-refractivity contribution in [2.45, 2.75) is 32.4 Å². The number of hydrogen-bond acceptors (Lipinski definition) is 4. The van der Waals surface area contributed by atoms with Crippen molar-refractivity contribution < 1.29 is 13.9 Å². The van der Waals surface area contributed by atoms with E-state index in [-0.39, 0.29) is 17.4 Å². The topological polar surface area (TPSA) is 57.0 Å². The molecule has 2 aromatic rings. The predicted octanol–water partition coefficient (Wildman–Crippen LogP) is 2.52. The first-order valence-electron chi connectivity index (χ1n) is 7.04. The number of aromatic nitrogens is 3. The Hall–Kier alpha value is -2.08. The lowest BCUT2D eigenvalue weighted by molar-refractivity contribution is 0.0369. The third-order valence-electron chi connectivity index (χ3n) is 3.44. The fourth-order valence-electron chi connectivity index (χ4n) is 2.42. The number of hydrogen-bond donors (Lipinski definition) is 0. The Morgan fingerprint density at radius 3 is 3.05 bits per heavy atom. The van der Waals surface area contributed by atoms with Crippen LogP contribution in [-0.4, -0.2) is 27.2 Å². The molecule has 0 spiro atoms. The number of nitrogens with zero attached hydrogens (tertiary/aromatic N) is 3. The first kappa shape index (κ1) is 13.9. The standard InChI is InChI=1S/C15H16FN3O2/c1-2-5-12(20)14-17-15-13(21-9-8-19(15)18-14)10-6-3-4-7-11(10)16/h3-4,6-7,13H,2,5,8-9H2,1H3. The largest absolute Gasteiger partial charge is 0.363 e. The minimum Gasteiger partial charge on any atom is -0.363 e. The van der Waals surface area contributed by atoms with Gasteiger partial charge >= 0.3 is 0 Å². The van der Waals surface area contributed by atoms with E-state index in [1.54, 1.807) is 22.9 Å². The molecule has 0 aliphatic carbocycles. The van der Waals surface area contributed by atoms with E-state index in [4.69, 9.17) is 4.74 Å². The van der Waals surface area contributed by atoms with Gasteiger partial charge in [0.1, 0.15) is 11.9 Å². The number of fused-ring (bicyclic) bond motifs is 1. The molecule has 0 saturated carbocycles. The van der Waals surface area contributed by atoms with E-state index in [0.29, 0.717) is 31.0 Å². The first-order valence-corrected chi connectivity index (χ1v) is 7.04. The van der Waals surface area contributed by atoms with Gasteiger partial charge in [-0.05, 0) is 12.5 Å². The van der Waals surface area contributed by atoms with Crippen molar-refractivity contribution >= 4 is 5.78 Å².